The third kappa shape index (κ3) is 3.19. The molecule has 0 bridgehead atoms. The molecule has 5 heteroatoms. The van der Waals surface area contributed by atoms with Crippen LogP contribution in [-0.4, -0.2) is 18.0 Å². The van der Waals surface area contributed by atoms with Gasteiger partial charge in [-0.05, 0) is 65.3 Å². The van der Waals surface area contributed by atoms with E-state index in [2.05, 4.69) is 26.2 Å². The number of rotatable bonds is 3. The van der Waals surface area contributed by atoms with Gasteiger partial charge in [-0.2, -0.15) is 0 Å². The Morgan fingerprint density at radius 3 is 2.78 bits per heavy atom. The number of ether oxygens (including phenoxy) is 1. The maximum Gasteiger partial charge on any atom is 0.256 e. The summed E-state index contributed by atoms with van der Waals surface area (Å²) < 4.78 is 5.90. The molecule has 0 saturated heterocycles. The summed E-state index contributed by atoms with van der Waals surface area (Å²) in [7, 11) is 1.57. The number of benzene rings is 2. The van der Waals surface area contributed by atoms with Gasteiger partial charge < -0.3 is 10.1 Å². The van der Waals surface area contributed by atoms with Crippen LogP contribution in [0.5, 0.6) is 5.75 Å². The zero-order chi connectivity index (χ0) is 16.4. The minimum Gasteiger partial charge on any atom is -0.497 e. The topological polar surface area (TPSA) is 51.2 Å². The molecule has 3 rings (SSSR count). The van der Waals surface area contributed by atoms with Gasteiger partial charge in [0.25, 0.3) is 5.91 Å². The number of hydrogen-bond donors (Lipinski definition) is 1. The number of hydrogen-bond acceptors (Lipinski definition) is 3. The lowest BCUT2D eigenvalue weighted by Crippen LogP contribution is -2.13. The van der Waals surface area contributed by atoms with Crippen LogP contribution in [0.2, 0.25) is 0 Å². The molecule has 1 N–H and O–H groups in total. The van der Waals surface area contributed by atoms with E-state index < -0.39 is 0 Å². The highest BCUT2D eigenvalue weighted by molar-refractivity contribution is 9.10. The lowest BCUT2D eigenvalue weighted by Gasteiger charge is -2.11. The molecule has 1 amide bonds. The van der Waals surface area contributed by atoms with Crippen molar-refractivity contribution in [3.8, 4) is 5.75 Å². The molecular formula is C18H15BrN2O2. The summed E-state index contributed by atoms with van der Waals surface area (Å²) in [6.07, 6.45) is 0. The minimum atomic E-state index is -0.205. The number of pyridine rings is 1. The Bertz CT molecular complexity index is 893. The Kier molecular flexibility index (Phi) is 4.30. The molecule has 0 aliphatic carbocycles. The SMILES string of the molecule is COc1ccc(Br)c(C(=O)Nc2cccc3nc(C)ccc23)c1. The average Bonchev–Trinajstić information content (AvgIpc) is 2.55. The van der Waals surface area contributed by atoms with Gasteiger partial charge in [-0.1, -0.05) is 6.07 Å². The van der Waals surface area contributed by atoms with Gasteiger partial charge in [0.05, 0.1) is 23.9 Å². The van der Waals surface area contributed by atoms with E-state index in [1.165, 1.54) is 0 Å². The van der Waals surface area contributed by atoms with E-state index in [0.717, 1.165) is 22.3 Å². The van der Waals surface area contributed by atoms with Gasteiger partial charge >= 0.3 is 0 Å². The Morgan fingerprint density at radius 1 is 1.17 bits per heavy atom. The second-order valence-electron chi connectivity index (χ2n) is 5.12. The van der Waals surface area contributed by atoms with E-state index in [9.17, 15) is 4.79 Å². The second-order valence-corrected chi connectivity index (χ2v) is 5.98. The molecule has 3 aromatic rings. The molecule has 0 fully saturated rings. The lowest BCUT2D eigenvalue weighted by atomic mass is 10.1. The molecule has 1 aromatic heterocycles. The summed E-state index contributed by atoms with van der Waals surface area (Å²) in [5, 5.41) is 3.86. The van der Waals surface area contributed by atoms with Gasteiger partial charge in [0.15, 0.2) is 0 Å². The van der Waals surface area contributed by atoms with Crippen LogP contribution >= 0.6 is 15.9 Å². The number of halogens is 1. The highest BCUT2D eigenvalue weighted by atomic mass is 79.9. The summed E-state index contributed by atoms with van der Waals surface area (Å²) in [5.41, 5.74) is 3.04. The summed E-state index contributed by atoms with van der Waals surface area (Å²) in [6, 6.07) is 14.9. The van der Waals surface area contributed by atoms with Crippen LogP contribution in [0, 0.1) is 6.92 Å². The van der Waals surface area contributed by atoms with E-state index in [1.807, 2.05) is 37.3 Å². The first-order chi connectivity index (χ1) is 11.1. The number of carbonyl (C=O) groups excluding carboxylic acids is 1. The van der Waals surface area contributed by atoms with E-state index in [4.69, 9.17) is 4.74 Å². The molecular weight excluding hydrogens is 356 g/mol. The Hall–Kier alpha value is -2.40. The number of nitrogens with one attached hydrogen (secondary N) is 1. The zero-order valence-corrected chi connectivity index (χ0v) is 14.3. The monoisotopic (exact) mass is 370 g/mol. The molecule has 0 radical (unpaired) electrons. The van der Waals surface area contributed by atoms with Crippen molar-refractivity contribution in [3.63, 3.8) is 0 Å². The number of amides is 1. The molecule has 0 atom stereocenters. The van der Waals surface area contributed by atoms with Crippen LogP contribution in [0.4, 0.5) is 5.69 Å². The normalized spacial score (nSPS) is 10.6. The first kappa shape index (κ1) is 15.5. The third-order valence-electron chi connectivity index (χ3n) is 3.54. The van der Waals surface area contributed by atoms with Crippen molar-refractivity contribution in [2.75, 3.05) is 12.4 Å². The molecule has 0 aliphatic heterocycles. The zero-order valence-electron chi connectivity index (χ0n) is 12.8. The van der Waals surface area contributed by atoms with Crippen LogP contribution in [0.1, 0.15) is 16.1 Å². The largest absolute Gasteiger partial charge is 0.497 e. The highest BCUT2D eigenvalue weighted by Gasteiger charge is 2.13. The Balaban J connectivity index is 1.98. The quantitative estimate of drug-likeness (QED) is 0.734. The van der Waals surface area contributed by atoms with Crippen molar-refractivity contribution in [1.82, 2.24) is 4.98 Å². The summed E-state index contributed by atoms with van der Waals surface area (Å²) in [5.74, 6) is 0.428. The molecule has 23 heavy (non-hydrogen) atoms. The van der Waals surface area contributed by atoms with Crippen LogP contribution in [-0.2, 0) is 0 Å². The predicted molar refractivity (Wildman–Crippen MR) is 95.1 cm³/mol. The lowest BCUT2D eigenvalue weighted by molar-refractivity contribution is 0.102. The maximum absolute atomic E-state index is 12.6. The minimum absolute atomic E-state index is 0.205. The van der Waals surface area contributed by atoms with Crippen LogP contribution < -0.4 is 10.1 Å². The molecule has 0 unspecified atom stereocenters. The summed E-state index contributed by atoms with van der Waals surface area (Å²) in [4.78, 5) is 17.1. The number of fused-ring (bicyclic) bond motifs is 1. The van der Waals surface area contributed by atoms with E-state index >= 15 is 0 Å². The van der Waals surface area contributed by atoms with Crippen molar-refractivity contribution >= 4 is 38.4 Å². The molecule has 0 aliphatic rings. The number of aryl methyl sites for hydroxylation is 1. The smallest absolute Gasteiger partial charge is 0.256 e. The Labute approximate surface area is 142 Å². The molecule has 0 saturated carbocycles. The van der Waals surface area contributed by atoms with Crippen LogP contribution in [0.15, 0.2) is 53.0 Å². The fourth-order valence-corrected chi connectivity index (χ4v) is 2.79. The first-order valence-electron chi connectivity index (χ1n) is 7.10. The van der Waals surface area contributed by atoms with Gasteiger partial charge in [-0.15, -0.1) is 0 Å². The van der Waals surface area contributed by atoms with Gasteiger partial charge in [0.1, 0.15) is 5.75 Å². The van der Waals surface area contributed by atoms with E-state index in [1.54, 1.807) is 25.3 Å². The van der Waals surface area contributed by atoms with E-state index in [0.29, 0.717) is 15.8 Å². The molecule has 116 valence electrons. The predicted octanol–water partition coefficient (Wildman–Crippen LogP) is 4.57. The molecule has 2 aromatic carbocycles. The van der Waals surface area contributed by atoms with Crippen molar-refractivity contribution in [2.45, 2.75) is 6.92 Å². The van der Waals surface area contributed by atoms with Crippen molar-refractivity contribution < 1.29 is 9.53 Å². The first-order valence-corrected chi connectivity index (χ1v) is 7.89. The summed E-state index contributed by atoms with van der Waals surface area (Å²) in [6.45, 7) is 1.94. The standard InChI is InChI=1S/C18H15BrN2O2/c1-11-6-8-13-16(20-11)4-3-5-17(13)21-18(22)14-10-12(23-2)7-9-15(14)19/h3-10H,1-2H3,(H,21,22). The van der Waals surface area contributed by atoms with Gasteiger partial charge in [-0.25, -0.2) is 0 Å². The average molecular weight is 371 g/mol. The molecule has 0 spiro atoms. The summed E-state index contributed by atoms with van der Waals surface area (Å²) >= 11 is 3.40. The number of aromatic nitrogens is 1. The van der Waals surface area contributed by atoms with Crippen molar-refractivity contribution in [3.05, 3.63) is 64.3 Å². The van der Waals surface area contributed by atoms with Gasteiger partial charge in [-0.3, -0.25) is 9.78 Å². The van der Waals surface area contributed by atoms with Crippen molar-refractivity contribution in [2.24, 2.45) is 0 Å². The second kappa shape index (κ2) is 6.38. The maximum atomic E-state index is 12.6. The van der Waals surface area contributed by atoms with Gasteiger partial charge in [0, 0.05) is 15.6 Å². The van der Waals surface area contributed by atoms with E-state index in [-0.39, 0.29) is 5.91 Å². The fraction of sp³-hybridized carbons (Fsp3) is 0.111. The number of carbonyl (C=O) groups is 1. The van der Waals surface area contributed by atoms with Crippen LogP contribution in [0.3, 0.4) is 0 Å². The van der Waals surface area contributed by atoms with Gasteiger partial charge in [0.2, 0.25) is 0 Å². The molecule has 4 nitrogen and oxygen atoms in total. The Morgan fingerprint density at radius 2 is 2.00 bits per heavy atom. The fourth-order valence-electron chi connectivity index (χ4n) is 2.36. The number of methoxy groups -OCH3 is 1. The number of nitrogens with zero attached hydrogens (tertiary/aromatic N) is 1. The molecule has 1 heterocycles. The number of anilines is 1. The highest BCUT2D eigenvalue weighted by Crippen LogP contribution is 2.26. The third-order valence-corrected chi connectivity index (χ3v) is 4.23. The van der Waals surface area contributed by atoms with Crippen LogP contribution in [0.25, 0.3) is 10.9 Å². The van der Waals surface area contributed by atoms with Crippen molar-refractivity contribution in [1.29, 1.82) is 0 Å².